The minimum Gasteiger partial charge on any atom is -0.354 e. The Kier molecular flexibility index (Phi) is 5.27. The van der Waals surface area contributed by atoms with Gasteiger partial charge < -0.3 is 5.32 Å². The zero-order valence-electron chi connectivity index (χ0n) is 16.7. The summed E-state index contributed by atoms with van der Waals surface area (Å²) >= 11 is 12.6. The summed E-state index contributed by atoms with van der Waals surface area (Å²) in [7, 11) is 0. The van der Waals surface area contributed by atoms with E-state index in [1.807, 2.05) is 72.8 Å². The lowest BCUT2D eigenvalue weighted by molar-refractivity contribution is 0.104. The molecule has 1 N–H and O–H groups in total. The molecule has 31 heavy (non-hydrogen) atoms. The number of hydrogen-bond acceptors (Lipinski definition) is 2. The van der Waals surface area contributed by atoms with Gasteiger partial charge in [-0.15, -0.1) is 0 Å². The van der Waals surface area contributed by atoms with Crippen molar-refractivity contribution in [3.63, 3.8) is 0 Å². The Morgan fingerprint density at radius 2 is 1.39 bits per heavy atom. The highest BCUT2D eigenvalue weighted by Gasteiger charge is 2.27. The van der Waals surface area contributed by atoms with Gasteiger partial charge in [0.25, 0.3) is 0 Å². The maximum Gasteiger partial charge on any atom is 0.194 e. The van der Waals surface area contributed by atoms with Crippen molar-refractivity contribution in [1.82, 2.24) is 0 Å². The van der Waals surface area contributed by atoms with E-state index in [9.17, 15) is 4.79 Å². The number of aryl methyl sites for hydroxylation is 2. The highest BCUT2D eigenvalue weighted by atomic mass is 35.5. The largest absolute Gasteiger partial charge is 0.354 e. The van der Waals surface area contributed by atoms with E-state index in [0.29, 0.717) is 5.02 Å². The van der Waals surface area contributed by atoms with Gasteiger partial charge in [0, 0.05) is 21.8 Å². The lowest BCUT2D eigenvalue weighted by Crippen LogP contribution is -1.98. The predicted molar refractivity (Wildman–Crippen MR) is 129 cm³/mol. The molecule has 4 aromatic rings. The van der Waals surface area contributed by atoms with Gasteiger partial charge in [0.1, 0.15) is 0 Å². The van der Waals surface area contributed by atoms with Crippen LogP contribution in [-0.2, 0) is 12.8 Å². The van der Waals surface area contributed by atoms with Crippen LogP contribution in [0.25, 0.3) is 11.1 Å². The third kappa shape index (κ3) is 3.85. The van der Waals surface area contributed by atoms with Gasteiger partial charge in [0.05, 0.1) is 10.7 Å². The first-order chi connectivity index (χ1) is 15.1. The van der Waals surface area contributed by atoms with Crippen LogP contribution in [0, 0.1) is 0 Å². The lowest BCUT2D eigenvalue weighted by atomic mass is 9.99. The molecule has 4 aromatic carbocycles. The summed E-state index contributed by atoms with van der Waals surface area (Å²) in [6, 6.07) is 27.5. The second kappa shape index (κ2) is 8.22. The number of anilines is 2. The number of hydrogen-bond donors (Lipinski definition) is 1. The van der Waals surface area contributed by atoms with Gasteiger partial charge in [0.2, 0.25) is 0 Å². The number of rotatable bonds is 5. The number of halogens is 2. The zero-order chi connectivity index (χ0) is 21.4. The maximum absolute atomic E-state index is 13.0. The summed E-state index contributed by atoms with van der Waals surface area (Å²) in [5, 5.41) is 4.79. The molecule has 0 atom stereocenters. The van der Waals surface area contributed by atoms with Crippen molar-refractivity contribution < 1.29 is 4.79 Å². The fourth-order valence-electron chi connectivity index (χ4n) is 4.06. The molecule has 0 unspecified atom stereocenters. The number of benzene rings is 4. The number of carbonyl (C=O) groups excluding carboxylic acids is 1. The molecule has 0 spiro atoms. The van der Waals surface area contributed by atoms with Crippen LogP contribution < -0.4 is 5.32 Å². The van der Waals surface area contributed by atoms with Gasteiger partial charge in [-0.05, 0) is 77.6 Å². The monoisotopic (exact) mass is 443 g/mol. The topological polar surface area (TPSA) is 29.1 Å². The van der Waals surface area contributed by atoms with Crippen LogP contribution in [0.4, 0.5) is 11.4 Å². The molecule has 0 bridgehead atoms. The minimum atomic E-state index is 0.0777. The van der Waals surface area contributed by atoms with E-state index in [0.717, 1.165) is 62.6 Å². The Labute approximate surface area is 191 Å². The summed E-state index contributed by atoms with van der Waals surface area (Å²) in [5.74, 6) is 0.0777. The molecule has 1 aliphatic rings. The van der Waals surface area contributed by atoms with Crippen LogP contribution in [-0.4, -0.2) is 5.78 Å². The number of para-hydroxylation sites is 1. The Morgan fingerprint density at radius 1 is 0.645 bits per heavy atom. The van der Waals surface area contributed by atoms with E-state index in [-0.39, 0.29) is 5.78 Å². The van der Waals surface area contributed by atoms with Crippen LogP contribution in [0.2, 0.25) is 10.0 Å². The van der Waals surface area contributed by atoms with E-state index in [1.54, 1.807) is 0 Å². The van der Waals surface area contributed by atoms with Gasteiger partial charge in [-0.3, -0.25) is 4.79 Å². The first-order valence-corrected chi connectivity index (χ1v) is 10.9. The molecule has 2 nitrogen and oxygen atoms in total. The Hall–Kier alpha value is -3.07. The van der Waals surface area contributed by atoms with E-state index >= 15 is 0 Å². The van der Waals surface area contributed by atoms with Crippen molar-refractivity contribution in [2.24, 2.45) is 0 Å². The molecule has 0 saturated heterocycles. The van der Waals surface area contributed by atoms with Crippen molar-refractivity contribution in [1.29, 1.82) is 0 Å². The molecular formula is C27H19Cl2NO. The summed E-state index contributed by atoms with van der Waals surface area (Å²) in [6.07, 6.45) is 1.67. The summed E-state index contributed by atoms with van der Waals surface area (Å²) in [5.41, 5.74) is 7.42. The van der Waals surface area contributed by atoms with Gasteiger partial charge in [-0.1, -0.05) is 65.7 Å². The van der Waals surface area contributed by atoms with E-state index in [1.165, 1.54) is 0 Å². The first-order valence-electron chi connectivity index (χ1n) is 10.2. The van der Waals surface area contributed by atoms with Crippen molar-refractivity contribution in [2.75, 3.05) is 5.32 Å². The van der Waals surface area contributed by atoms with Gasteiger partial charge in [-0.25, -0.2) is 0 Å². The normalized spacial score (nSPS) is 11.9. The van der Waals surface area contributed by atoms with Crippen LogP contribution in [0.3, 0.4) is 0 Å². The van der Waals surface area contributed by atoms with Gasteiger partial charge >= 0.3 is 0 Å². The standard InChI is InChI=1S/C27H19Cl2NO/c28-24-6-2-1-5-18(24)11-9-17-10-13-20-22-16-19(30-26-8-4-3-7-25(26)29)12-14-21(22)27(31)23(20)15-17/h1-8,10,12-16,30H,9,11H2. The minimum absolute atomic E-state index is 0.0777. The van der Waals surface area contributed by atoms with Crippen LogP contribution >= 0.6 is 23.2 Å². The number of nitrogens with one attached hydrogen (secondary N) is 1. The molecule has 152 valence electrons. The fraction of sp³-hybridized carbons (Fsp3) is 0.0741. The van der Waals surface area contributed by atoms with Crippen LogP contribution in [0.5, 0.6) is 0 Å². The molecule has 1 aliphatic carbocycles. The van der Waals surface area contributed by atoms with E-state index in [2.05, 4.69) is 17.4 Å². The highest BCUT2D eigenvalue weighted by Crippen LogP contribution is 2.39. The zero-order valence-corrected chi connectivity index (χ0v) is 18.2. The van der Waals surface area contributed by atoms with Crippen molar-refractivity contribution >= 4 is 40.4 Å². The molecule has 0 aromatic heterocycles. The van der Waals surface area contributed by atoms with Crippen molar-refractivity contribution in [3.8, 4) is 11.1 Å². The molecule has 0 aliphatic heterocycles. The van der Waals surface area contributed by atoms with E-state index < -0.39 is 0 Å². The molecule has 0 heterocycles. The molecule has 0 radical (unpaired) electrons. The molecular weight excluding hydrogens is 425 g/mol. The number of carbonyl (C=O) groups is 1. The van der Waals surface area contributed by atoms with Crippen LogP contribution in [0.15, 0.2) is 84.9 Å². The molecule has 5 rings (SSSR count). The molecule has 0 saturated carbocycles. The second-order valence-electron chi connectivity index (χ2n) is 7.67. The van der Waals surface area contributed by atoms with E-state index in [4.69, 9.17) is 23.2 Å². The Balaban J connectivity index is 1.41. The van der Waals surface area contributed by atoms with Crippen LogP contribution in [0.1, 0.15) is 27.0 Å². The molecule has 0 fully saturated rings. The third-order valence-electron chi connectivity index (χ3n) is 5.68. The third-order valence-corrected chi connectivity index (χ3v) is 6.38. The van der Waals surface area contributed by atoms with Gasteiger partial charge in [-0.2, -0.15) is 0 Å². The maximum atomic E-state index is 13.0. The number of ketones is 1. The van der Waals surface area contributed by atoms with Crippen molar-refractivity contribution in [3.05, 3.63) is 117 Å². The SMILES string of the molecule is O=C1c2cc(CCc3ccccc3Cl)ccc2-c2cc(Nc3ccccc3Cl)ccc21. The smallest absolute Gasteiger partial charge is 0.194 e. The Morgan fingerprint density at radius 3 is 2.19 bits per heavy atom. The number of fused-ring (bicyclic) bond motifs is 3. The van der Waals surface area contributed by atoms with Gasteiger partial charge in [0.15, 0.2) is 5.78 Å². The molecule has 0 amide bonds. The summed E-state index contributed by atoms with van der Waals surface area (Å²) < 4.78 is 0. The highest BCUT2D eigenvalue weighted by molar-refractivity contribution is 6.33. The van der Waals surface area contributed by atoms with Crippen molar-refractivity contribution in [2.45, 2.75) is 12.8 Å². The first kappa shape index (κ1) is 19.9. The predicted octanol–water partition coefficient (Wildman–Crippen LogP) is 7.73. The second-order valence-corrected chi connectivity index (χ2v) is 8.48. The molecule has 4 heteroatoms. The average molecular weight is 444 g/mol. The fourth-order valence-corrected chi connectivity index (χ4v) is 4.47. The quantitative estimate of drug-likeness (QED) is 0.301. The summed E-state index contributed by atoms with van der Waals surface area (Å²) in [4.78, 5) is 13.0. The lowest BCUT2D eigenvalue weighted by Gasteiger charge is -2.10. The average Bonchev–Trinajstić information content (AvgIpc) is 3.06. The summed E-state index contributed by atoms with van der Waals surface area (Å²) in [6.45, 7) is 0. The Bertz CT molecular complexity index is 1310.